The van der Waals surface area contributed by atoms with E-state index in [0.29, 0.717) is 5.69 Å². The number of carboxylic acids is 4. The Morgan fingerprint density at radius 3 is 1.60 bits per heavy atom. The molecule has 0 fully saturated rings. The van der Waals surface area contributed by atoms with Crippen LogP contribution in [0.15, 0.2) is 54.6 Å². The van der Waals surface area contributed by atoms with Crippen LogP contribution in [0.3, 0.4) is 0 Å². The number of benzene rings is 3. The predicted molar refractivity (Wildman–Crippen MR) is 165 cm³/mol. The van der Waals surface area contributed by atoms with E-state index in [1.54, 1.807) is 12.1 Å². The van der Waals surface area contributed by atoms with Crippen LogP contribution in [0.4, 0.5) is 17.1 Å². The first kappa shape index (κ1) is 40.5. The van der Waals surface area contributed by atoms with Crippen molar-refractivity contribution in [2.45, 2.75) is 20.8 Å². The molecule has 20 nitrogen and oxygen atoms in total. The lowest BCUT2D eigenvalue weighted by Gasteiger charge is -2.03. The summed E-state index contributed by atoms with van der Waals surface area (Å²) in [5.74, 6) is -8.63. The number of amides is 1. The Morgan fingerprint density at radius 1 is 0.720 bits per heavy atom. The van der Waals surface area contributed by atoms with Gasteiger partial charge in [0.25, 0.3) is 5.69 Å². The lowest BCUT2D eigenvalue weighted by Crippen LogP contribution is -2.10. The van der Waals surface area contributed by atoms with Gasteiger partial charge in [0.1, 0.15) is 0 Å². The minimum Gasteiger partial charge on any atom is -0.478 e. The summed E-state index contributed by atoms with van der Waals surface area (Å²) in [5, 5.41) is 47.5. The van der Waals surface area contributed by atoms with Crippen molar-refractivity contribution >= 4 is 70.7 Å². The van der Waals surface area contributed by atoms with Crippen molar-refractivity contribution in [2.75, 3.05) is 11.1 Å². The summed E-state index contributed by atoms with van der Waals surface area (Å²) in [6.45, 7) is 3.68. The predicted octanol–water partition coefficient (Wildman–Crippen LogP) is 2.71. The third-order valence-electron chi connectivity index (χ3n) is 5.50. The van der Waals surface area contributed by atoms with Crippen LogP contribution in [0.5, 0.6) is 0 Å². The van der Waals surface area contributed by atoms with E-state index >= 15 is 0 Å². The summed E-state index contributed by atoms with van der Waals surface area (Å²) in [6, 6.07) is 11.6. The van der Waals surface area contributed by atoms with Gasteiger partial charge < -0.3 is 41.0 Å². The van der Waals surface area contributed by atoms with Crippen LogP contribution >= 0.6 is 0 Å². The molecular formula is C30H25N3O17. The number of hydrogen-bond acceptors (Lipinski definition) is 14. The highest BCUT2D eigenvalue weighted by Gasteiger charge is 2.32. The van der Waals surface area contributed by atoms with Crippen molar-refractivity contribution in [1.29, 1.82) is 0 Å². The molecule has 1 amide bonds. The van der Waals surface area contributed by atoms with Crippen LogP contribution in [0.2, 0.25) is 0 Å². The highest BCUT2D eigenvalue weighted by molar-refractivity contribution is 6.18. The number of anilines is 2. The summed E-state index contributed by atoms with van der Waals surface area (Å²) >= 11 is 0. The third kappa shape index (κ3) is 11.4. The number of nitro groups is 1. The van der Waals surface area contributed by atoms with Gasteiger partial charge in [-0.15, -0.1) is 0 Å². The maximum Gasteiger partial charge on any atom is 0.349 e. The molecule has 0 spiro atoms. The van der Waals surface area contributed by atoms with E-state index in [1.165, 1.54) is 45.0 Å². The molecule has 0 atom stereocenters. The number of esters is 4. The molecule has 3 aromatic carbocycles. The molecule has 7 N–H and O–H groups in total. The molecule has 0 radical (unpaired) electrons. The van der Waals surface area contributed by atoms with Crippen LogP contribution in [0, 0.1) is 10.1 Å². The molecule has 0 saturated heterocycles. The van der Waals surface area contributed by atoms with Gasteiger partial charge in [-0.25, -0.2) is 28.8 Å². The highest BCUT2D eigenvalue weighted by atomic mass is 16.9. The Labute approximate surface area is 278 Å². The summed E-state index contributed by atoms with van der Waals surface area (Å²) in [4.78, 5) is 105. The van der Waals surface area contributed by atoms with Crippen LogP contribution in [0.25, 0.3) is 0 Å². The summed E-state index contributed by atoms with van der Waals surface area (Å²) in [7, 11) is 0. The van der Waals surface area contributed by atoms with Crippen molar-refractivity contribution in [3.8, 4) is 0 Å². The molecular weight excluding hydrogens is 677 g/mol. The molecule has 50 heavy (non-hydrogen) atoms. The van der Waals surface area contributed by atoms with E-state index in [9.17, 15) is 53.3 Å². The largest absolute Gasteiger partial charge is 0.478 e. The van der Waals surface area contributed by atoms with E-state index in [4.69, 9.17) is 26.2 Å². The molecule has 20 heteroatoms. The van der Waals surface area contributed by atoms with Crippen molar-refractivity contribution in [2.24, 2.45) is 0 Å². The maximum absolute atomic E-state index is 11.3. The summed E-state index contributed by atoms with van der Waals surface area (Å²) in [6.07, 6.45) is 0. The van der Waals surface area contributed by atoms with Crippen LogP contribution < -0.4 is 11.1 Å². The highest BCUT2D eigenvalue weighted by Crippen LogP contribution is 2.27. The van der Waals surface area contributed by atoms with Crippen LogP contribution in [0.1, 0.15) is 82.9 Å². The van der Waals surface area contributed by atoms with Crippen molar-refractivity contribution in [3.05, 3.63) is 98.1 Å². The number of carbonyl (C=O) groups excluding carboxylic acids is 5. The Bertz CT molecular complexity index is 1870. The number of cyclic esters (lactones) is 2. The van der Waals surface area contributed by atoms with E-state index < -0.39 is 69.5 Å². The first-order valence-electron chi connectivity index (χ1n) is 13.2. The molecule has 1 aliphatic heterocycles. The Morgan fingerprint density at radius 2 is 1.20 bits per heavy atom. The zero-order chi connectivity index (χ0) is 38.5. The zero-order valence-electron chi connectivity index (χ0n) is 25.8. The molecule has 0 aliphatic carbocycles. The second kappa shape index (κ2) is 18.0. The average molecular weight is 703 g/mol. The number of nitrogen functional groups attached to an aromatic ring is 1. The van der Waals surface area contributed by atoms with Crippen LogP contribution in [-0.4, -0.2) is 79.0 Å². The first-order chi connectivity index (χ1) is 23.2. The molecule has 0 unspecified atom stereocenters. The molecule has 3 aromatic rings. The topological polar surface area (TPSA) is 334 Å². The lowest BCUT2D eigenvalue weighted by atomic mass is 10.1. The van der Waals surface area contributed by atoms with Gasteiger partial charge in [-0.05, 0) is 30.3 Å². The van der Waals surface area contributed by atoms with E-state index in [-0.39, 0.29) is 33.8 Å². The molecule has 262 valence electrons. The molecule has 0 aromatic heterocycles. The number of carbonyl (C=O) groups is 9. The van der Waals surface area contributed by atoms with Gasteiger partial charge in [-0.1, -0.05) is 18.2 Å². The first-order valence-corrected chi connectivity index (χ1v) is 13.2. The number of nitro benzene ring substituents is 1. The Balaban J connectivity index is 0.000000344. The number of aromatic carboxylic acids is 4. The fourth-order valence-corrected chi connectivity index (χ4v) is 3.71. The Kier molecular flexibility index (Phi) is 14.6. The monoisotopic (exact) mass is 702 g/mol. The summed E-state index contributed by atoms with van der Waals surface area (Å²) < 4.78 is 8.40. The van der Waals surface area contributed by atoms with Gasteiger partial charge >= 0.3 is 47.8 Å². The van der Waals surface area contributed by atoms with Crippen molar-refractivity contribution in [3.63, 3.8) is 0 Å². The molecule has 1 aliphatic rings. The van der Waals surface area contributed by atoms with Crippen molar-refractivity contribution in [1.82, 2.24) is 0 Å². The fraction of sp³-hybridized carbons (Fsp3) is 0.100. The van der Waals surface area contributed by atoms with Gasteiger partial charge in [0, 0.05) is 32.5 Å². The lowest BCUT2D eigenvalue weighted by molar-refractivity contribution is -0.385. The second-order valence-corrected chi connectivity index (χ2v) is 9.12. The number of nitrogens with one attached hydrogen (secondary N) is 1. The second-order valence-electron chi connectivity index (χ2n) is 9.12. The average Bonchev–Trinajstić information content (AvgIpc) is 3.29. The van der Waals surface area contributed by atoms with Gasteiger partial charge in [0.15, 0.2) is 5.56 Å². The number of nitrogens with zero attached hydrogens (tertiary/aromatic N) is 1. The molecule has 0 saturated carbocycles. The smallest absolute Gasteiger partial charge is 0.349 e. The van der Waals surface area contributed by atoms with Gasteiger partial charge in [0.05, 0.1) is 38.4 Å². The zero-order valence-corrected chi connectivity index (χ0v) is 25.8. The third-order valence-corrected chi connectivity index (χ3v) is 5.50. The molecule has 0 bridgehead atoms. The molecule has 4 rings (SSSR count). The quantitative estimate of drug-likeness (QED) is 0.0536. The summed E-state index contributed by atoms with van der Waals surface area (Å²) in [5.41, 5.74) is 3.07. The standard InChI is InChI=1S/C10H7NO4.C8H5NO6.C8H7NO4.C4H6O3/c1-5(12)11-7-4-2-3-6-8(7)10(14)15-9(6)13;10-7(11)4-2-1-3-5(9(14)15)6(4)8(12)13;9-5-3-1-2-4(7(10)11)6(5)8(12)13;1-3(5)7-4(2)6/h2-4H,1H3,(H,11,12);1-3H,(H,10,11)(H,12,13);1-3H,9H2,(H,10,11)(H,12,13);1-2H3/i11+1;2*9+1;. The minimum atomic E-state index is -1.64. The van der Waals surface area contributed by atoms with Crippen LogP contribution in [-0.2, 0) is 23.9 Å². The Hall–Kier alpha value is -7.51. The number of fused-ring (bicyclic) bond motifs is 1. The van der Waals surface area contributed by atoms with Gasteiger partial charge in [-0.3, -0.25) is 24.5 Å². The van der Waals surface area contributed by atoms with Gasteiger partial charge in [0.2, 0.25) is 5.91 Å². The minimum absolute atomic E-state index is 0.0487. The number of ether oxygens (including phenoxy) is 2. The SMILES string of the molecule is CC(=O)OC(C)=O.CC(=O)[15NH]c1cccc2c1C(=O)OC2=O.O=C(O)c1cccc([15N+](=O)[O-])c1C(=O)O.[15NH2]c1cccc(C(=O)O)c1C(=O)O. The number of rotatable bonds is 6. The molecule has 1 heterocycles. The number of nitrogens with two attached hydrogens (primary N) is 1. The van der Waals surface area contributed by atoms with E-state index in [1.807, 2.05) is 0 Å². The van der Waals surface area contributed by atoms with Gasteiger partial charge in [-0.2, -0.15) is 0 Å². The normalized spacial score (nSPS) is 10.5. The number of carboxylic acid groups (broad SMARTS) is 4. The number of hydrogen-bond donors (Lipinski definition) is 6. The van der Waals surface area contributed by atoms with E-state index in [2.05, 4.69) is 14.8 Å². The van der Waals surface area contributed by atoms with E-state index in [0.717, 1.165) is 18.2 Å². The fourth-order valence-electron chi connectivity index (χ4n) is 3.71. The van der Waals surface area contributed by atoms with Crippen molar-refractivity contribution < 1.29 is 78.0 Å². The maximum atomic E-state index is 11.3.